The molecule has 10 heteroatoms. The molecular weight excluding hydrogens is 572 g/mol. The number of carbonyl (C=O) groups excluding carboxylic acids is 1. The van der Waals surface area contributed by atoms with Gasteiger partial charge in [-0.1, -0.05) is 56.6 Å². The topological polar surface area (TPSA) is 92.7 Å². The van der Waals surface area contributed by atoms with Crippen LogP contribution in [0.2, 0.25) is 5.02 Å². The summed E-state index contributed by atoms with van der Waals surface area (Å²) in [7, 11) is -3.81. The lowest BCUT2D eigenvalue weighted by molar-refractivity contribution is 0.0383. The van der Waals surface area contributed by atoms with Crippen molar-refractivity contribution in [1.29, 1.82) is 0 Å². The SMILES string of the molecule is CC(C)(C)c1ccc(Cn2c(C(=O)NCCN3CCOCC3)cc3cc(NS(=O)(=O)c4ccc(Cl)cc4)ccc32)cc1. The van der Waals surface area contributed by atoms with E-state index in [0.717, 1.165) is 36.1 Å². The van der Waals surface area contributed by atoms with Gasteiger partial charge in [-0.3, -0.25) is 14.4 Å². The van der Waals surface area contributed by atoms with Crippen LogP contribution >= 0.6 is 11.6 Å². The zero-order chi connectivity index (χ0) is 29.9. The van der Waals surface area contributed by atoms with Crippen molar-refractivity contribution in [1.82, 2.24) is 14.8 Å². The number of benzene rings is 3. The normalized spacial score (nSPS) is 14.7. The molecule has 8 nitrogen and oxygen atoms in total. The first-order valence-corrected chi connectivity index (χ1v) is 16.0. The number of nitrogens with zero attached hydrogens (tertiary/aromatic N) is 2. The van der Waals surface area contributed by atoms with Crippen LogP contribution in [0.5, 0.6) is 0 Å². The van der Waals surface area contributed by atoms with Crippen LogP contribution in [0.4, 0.5) is 5.69 Å². The standard InChI is InChI=1S/C32H37ClN4O4S/c1-32(2,3)25-6-4-23(5-7-25)22-37-29-13-10-27(35-42(39,40)28-11-8-26(33)9-12-28)20-24(29)21-30(37)31(38)34-14-15-36-16-18-41-19-17-36/h4-13,20-21,35H,14-19,22H2,1-3H3,(H,34,38). The van der Waals surface area contributed by atoms with E-state index < -0.39 is 10.0 Å². The Morgan fingerprint density at radius 1 is 0.952 bits per heavy atom. The van der Waals surface area contributed by atoms with E-state index in [4.69, 9.17) is 16.3 Å². The van der Waals surface area contributed by atoms with Gasteiger partial charge >= 0.3 is 0 Å². The molecule has 0 spiro atoms. The van der Waals surface area contributed by atoms with Crippen LogP contribution in [0.25, 0.3) is 10.9 Å². The summed E-state index contributed by atoms with van der Waals surface area (Å²) in [6.45, 7) is 11.4. The Labute approximate surface area is 252 Å². The highest BCUT2D eigenvalue weighted by molar-refractivity contribution is 7.92. The molecule has 1 aliphatic heterocycles. The van der Waals surface area contributed by atoms with Gasteiger partial charge in [0.15, 0.2) is 0 Å². The lowest BCUT2D eigenvalue weighted by atomic mass is 9.87. The molecule has 0 bridgehead atoms. The van der Waals surface area contributed by atoms with E-state index in [1.165, 1.54) is 29.8 Å². The predicted octanol–water partition coefficient (Wildman–Crippen LogP) is 5.50. The van der Waals surface area contributed by atoms with Crippen molar-refractivity contribution in [3.63, 3.8) is 0 Å². The Morgan fingerprint density at radius 2 is 1.64 bits per heavy atom. The molecular formula is C32H37ClN4O4S. The van der Waals surface area contributed by atoms with Crippen LogP contribution in [-0.2, 0) is 26.7 Å². The molecule has 2 heterocycles. The van der Waals surface area contributed by atoms with E-state index in [1.807, 2.05) is 16.7 Å². The number of rotatable bonds is 9. The first kappa shape index (κ1) is 30.1. The third kappa shape index (κ3) is 7.15. The Morgan fingerprint density at radius 3 is 2.31 bits per heavy atom. The largest absolute Gasteiger partial charge is 0.379 e. The van der Waals surface area contributed by atoms with Gasteiger partial charge in [-0.15, -0.1) is 0 Å². The Bertz CT molecular complexity index is 1650. The van der Waals surface area contributed by atoms with Gasteiger partial charge in [0.05, 0.1) is 18.1 Å². The van der Waals surface area contributed by atoms with E-state index in [-0.39, 0.29) is 16.2 Å². The molecule has 0 atom stereocenters. The zero-order valence-electron chi connectivity index (χ0n) is 24.2. The number of anilines is 1. The van der Waals surface area contributed by atoms with Crippen LogP contribution in [0.3, 0.4) is 0 Å². The molecule has 1 aromatic heterocycles. The fraction of sp³-hybridized carbons (Fsp3) is 0.344. The maximum Gasteiger partial charge on any atom is 0.267 e. The van der Waals surface area contributed by atoms with Gasteiger partial charge in [-0.05, 0) is 65.1 Å². The highest BCUT2D eigenvalue weighted by Crippen LogP contribution is 2.28. The molecule has 0 saturated carbocycles. The van der Waals surface area contributed by atoms with Crippen LogP contribution in [0.1, 0.15) is 42.4 Å². The van der Waals surface area contributed by atoms with Crippen molar-refractivity contribution in [3.05, 3.63) is 94.6 Å². The number of ether oxygens (including phenoxy) is 1. The molecule has 0 radical (unpaired) electrons. The van der Waals surface area contributed by atoms with Gasteiger partial charge in [-0.2, -0.15) is 0 Å². The highest BCUT2D eigenvalue weighted by Gasteiger charge is 2.20. The number of hydrogen-bond donors (Lipinski definition) is 2. The summed E-state index contributed by atoms with van der Waals surface area (Å²) in [5, 5.41) is 4.30. The summed E-state index contributed by atoms with van der Waals surface area (Å²) in [5.74, 6) is -0.172. The molecule has 0 unspecified atom stereocenters. The number of carbonyl (C=O) groups is 1. The van der Waals surface area contributed by atoms with Gasteiger partial charge in [0.1, 0.15) is 5.69 Å². The first-order valence-electron chi connectivity index (χ1n) is 14.1. The lowest BCUT2D eigenvalue weighted by Crippen LogP contribution is -2.41. The minimum atomic E-state index is -3.81. The number of morpholine rings is 1. The predicted molar refractivity (Wildman–Crippen MR) is 168 cm³/mol. The van der Waals surface area contributed by atoms with Gasteiger partial charge in [-0.25, -0.2) is 8.42 Å². The van der Waals surface area contributed by atoms with Crippen molar-refractivity contribution < 1.29 is 17.9 Å². The number of halogens is 1. The van der Waals surface area contributed by atoms with Gasteiger partial charge < -0.3 is 14.6 Å². The number of hydrogen-bond acceptors (Lipinski definition) is 5. The Hall–Kier alpha value is -3.37. The summed E-state index contributed by atoms with van der Waals surface area (Å²) < 4.78 is 36.0. The molecule has 1 saturated heterocycles. The number of nitrogens with one attached hydrogen (secondary N) is 2. The van der Waals surface area contributed by atoms with Crippen molar-refractivity contribution in [3.8, 4) is 0 Å². The summed E-state index contributed by atoms with van der Waals surface area (Å²) in [5.41, 5.74) is 4.10. The van der Waals surface area contributed by atoms with E-state index >= 15 is 0 Å². The quantitative estimate of drug-likeness (QED) is 0.262. The summed E-state index contributed by atoms with van der Waals surface area (Å²) in [6.07, 6.45) is 0. The molecule has 1 amide bonds. The molecule has 0 aliphatic carbocycles. The van der Waals surface area contributed by atoms with Gasteiger partial charge in [0.2, 0.25) is 0 Å². The Balaban J connectivity index is 1.42. The second-order valence-electron chi connectivity index (χ2n) is 11.6. The van der Waals surface area contributed by atoms with Crippen molar-refractivity contribution in [2.75, 3.05) is 44.1 Å². The first-order chi connectivity index (χ1) is 20.0. The zero-order valence-corrected chi connectivity index (χ0v) is 25.8. The fourth-order valence-corrected chi connectivity index (χ4v) is 6.23. The molecule has 1 fully saturated rings. The highest BCUT2D eigenvalue weighted by atomic mass is 35.5. The smallest absolute Gasteiger partial charge is 0.267 e. The van der Waals surface area contributed by atoms with Crippen LogP contribution in [0.15, 0.2) is 77.7 Å². The van der Waals surface area contributed by atoms with Crippen LogP contribution in [-0.4, -0.2) is 63.2 Å². The molecule has 42 heavy (non-hydrogen) atoms. The van der Waals surface area contributed by atoms with E-state index in [0.29, 0.717) is 42.7 Å². The Kier molecular flexibility index (Phi) is 8.94. The van der Waals surface area contributed by atoms with Gasteiger partial charge in [0, 0.05) is 54.3 Å². The van der Waals surface area contributed by atoms with Crippen LogP contribution < -0.4 is 10.0 Å². The number of fused-ring (bicyclic) bond motifs is 1. The summed E-state index contributed by atoms with van der Waals surface area (Å²) in [4.78, 5) is 15.9. The monoisotopic (exact) mass is 608 g/mol. The molecule has 5 rings (SSSR count). The average Bonchev–Trinajstić information content (AvgIpc) is 3.31. The minimum absolute atomic E-state index is 0.0416. The van der Waals surface area contributed by atoms with Gasteiger partial charge in [0.25, 0.3) is 15.9 Å². The van der Waals surface area contributed by atoms with Crippen molar-refractivity contribution in [2.45, 2.75) is 37.6 Å². The number of amides is 1. The van der Waals surface area contributed by atoms with Crippen molar-refractivity contribution in [2.24, 2.45) is 0 Å². The fourth-order valence-electron chi connectivity index (χ4n) is 5.06. The average molecular weight is 609 g/mol. The third-order valence-electron chi connectivity index (χ3n) is 7.49. The molecule has 1 aliphatic rings. The van der Waals surface area contributed by atoms with Crippen molar-refractivity contribution >= 4 is 44.1 Å². The van der Waals surface area contributed by atoms with Crippen LogP contribution in [0, 0.1) is 0 Å². The number of aromatic nitrogens is 1. The maximum absolute atomic E-state index is 13.5. The lowest BCUT2D eigenvalue weighted by Gasteiger charge is -2.26. The molecule has 2 N–H and O–H groups in total. The number of sulfonamides is 1. The van der Waals surface area contributed by atoms with E-state index in [2.05, 4.69) is 60.0 Å². The van der Waals surface area contributed by atoms with E-state index in [1.54, 1.807) is 12.1 Å². The summed E-state index contributed by atoms with van der Waals surface area (Å²) in [6, 6.07) is 21.6. The maximum atomic E-state index is 13.5. The van der Waals surface area contributed by atoms with E-state index in [9.17, 15) is 13.2 Å². The molecule has 3 aromatic carbocycles. The third-order valence-corrected chi connectivity index (χ3v) is 9.14. The second kappa shape index (κ2) is 12.5. The summed E-state index contributed by atoms with van der Waals surface area (Å²) >= 11 is 5.93. The molecule has 222 valence electrons. The minimum Gasteiger partial charge on any atom is -0.379 e. The second-order valence-corrected chi connectivity index (χ2v) is 13.7. The molecule has 4 aromatic rings.